The molecule has 0 aliphatic rings. The van der Waals surface area contributed by atoms with Crippen LogP contribution in [0.1, 0.15) is 37.6 Å². The van der Waals surface area contributed by atoms with Crippen LogP contribution < -0.4 is 20.1 Å². The minimum absolute atomic E-state index is 0.227. The van der Waals surface area contributed by atoms with Gasteiger partial charge in [-0.2, -0.15) is 0 Å². The molecule has 0 aliphatic carbocycles. The first-order valence-electron chi connectivity index (χ1n) is 7.53. The number of carbonyl (C=O) groups excluding carboxylic acids is 2. The number of nitrogens with one attached hydrogen (secondary N) is 2. The standard InChI is InChI=1S/C16H23BrN2O4/c1-5-7-23-14-12(17)8-11(9-13(14)22-4)16(21)19-10(3)15(20)18-6-2/h8-10H,5-7H2,1-4H3,(H,18,20)(H,19,21)/t10-/m1/s1. The number of amides is 2. The quantitative estimate of drug-likeness (QED) is 0.719. The van der Waals surface area contributed by atoms with Gasteiger partial charge in [0.05, 0.1) is 18.2 Å². The second kappa shape index (κ2) is 9.39. The maximum Gasteiger partial charge on any atom is 0.252 e. The van der Waals surface area contributed by atoms with E-state index in [1.165, 1.54) is 7.11 Å². The van der Waals surface area contributed by atoms with Crippen molar-refractivity contribution in [1.29, 1.82) is 0 Å². The Morgan fingerprint density at radius 1 is 1.30 bits per heavy atom. The third-order valence-corrected chi connectivity index (χ3v) is 3.62. The van der Waals surface area contributed by atoms with E-state index in [4.69, 9.17) is 9.47 Å². The predicted molar refractivity (Wildman–Crippen MR) is 92.1 cm³/mol. The van der Waals surface area contributed by atoms with Gasteiger partial charge in [-0.05, 0) is 48.3 Å². The topological polar surface area (TPSA) is 76.7 Å². The number of hydrogen-bond acceptors (Lipinski definition) is 4. The average Bonchev–Trinajstić information content (AvgIpc) is 2.53. The van der Waals surface area contributed by atoms with Gasteiger partial charge < -0.3 is 20.1 Å². The average molecular weight is 387 g/mol. The van der Waals surface area contributed by atoms with Crippen molar-refractivity contribution in [3.05, 3.63) is 22.2 Å². The van der Waals surface area contributed by atoms with Crippen LogP contribution in [0.5, 0.6) is 11.5 Å². The molecule has 7 heteroatoms. The molecule has 23 heavy (non-hydrogen) atoms. The fourth-order valence-corrected chi connectivity index (χ4v) is 2.42. The number of hydrogen-bond donors (Lipinski definition) is 2. The van der Waals surface area contributed by atoms with Crippen molar-refractivity contribution < 1.29 is 19.1 Å². The van der Waals surface area contributed by atoms with Gasteiger partial charge in [-0.25, -0.2) is 0 Å². The van der Waals surface area contributed by atoms with Crippen molar-refractivity contribution in [1.82, 2.24) is 10.6 Å². The lowest BCUT2D eigenvalue weighted by Crippen LogP contribution is -2.44. The van der Waals surface area contributed by atoms with Crippen LogP contribution in [0.2, 0.25) is 0 Å². The molecule has 0 saturated carbocycles. The minimum Gasteiger partial charge on any atom is -0.493 e. The van der Waals surface area contributed by atoms with E-state index in [9.17, 15) is 9.59 Å². The first kappa shape index (κ1) is 19.3. The highest BCUT2D eigenvalue weighted by Crippen LogP contribution is 2.36. The van der Waals surface area contributed by atoms with Crippen LogP contribution in [0.3, 0.4) is 0 Å². The summed E-state index contributed by atoms with van der Waals surface area (Å²) in [5, 5.41) is 5.31. The van der Waals surface area contributed by atoms with Crippen molar-refractivity contribution >= 4 is 27.7 Å². The van der Waals surface area contributed by atoms with E-state index in [1.54, 1.807) is 19.1 Å². The predicted octanol–water partition coefficient (Wildman–Crippen LogP) is 2.50. The Labute approximate surface area is 145 Å². The molecule has 1 atom stereocenters. The van der Waals surface area contributed by atoms with E-state index in [-0.39, 0.29) is 11.8 Å². The Morgan fingerprint density at radius 2 is 2.00 bits per heavy atom. The van der Waals surface area contributed by atoms with Crippen LogP contribution in [0, 0.1) is 0 Å². The monoisotopic (exact) mass is 386 g/mol. The Balaban J connectivity index is 2.93. The lowest BCUT2D eigenvalue weighted by atomic mass is 10.1. The van der Waals surface area contributed by atoms with Gasteiger partial charge in [-0.15, -0.1) is 0 Å². The lowest BCUT2D eigenvalue weighted by molar-refractivity contribution is -0.122. The molecule has 2 amide bonds. The third kappa shape index (κ3) is 5.42. The number of benzene rings is 1. The summed E-state index contributed by atoms with van der Waals surface area (Å²) in [6, 6.07) is 2.62. The van der Waals surface area contributed by atoms with Crippen molar-refractivity contribution in [3.63, 3.8) is 0 Å². The molecule has 0 bridgehead atoms. The van der Waals surface area contributed by atoms with Crippen LogP contribution >= 0.6 is 15.9 Å². The molecule has 0 radical (unpaired) electrons. The summed E-state index contributed by atoms with van der Waals surface area (Å²) in [7, 11) is 1.51. The zero-order chi connectivity index (χ0) is 17.4. The number of carbonyl (C=O) groups is 2. The van der Waals surface area contributed by atoms with Gasteiger partial charge in [0, 0.05) is 12.1 Å². The lowest BCUT2D eigenvalue weighted by Gasteiger charge is -2.16. The fraction of sp³-hybridized carbons (Fsp3) is 0.500. The number of methoxy groups -OCH3 is 1. The first-order chi connectivity index (χ1) is 10.9. The summed E-state index contributed by atoms with van der Waals surface area (Å²) in [6.45, 7) is 6.53. The summed E-state index contributed by atoms with van der Waals surface area (Å²) in [5.74, 6) is 0.436. The van der Waals surface area contributed by atoms with E-state index in [0.29, 0.717) is 34.7 Å². The Hall–Kier alpha value is -1.76. The van der Waals surface area contributed by atoms with Crippen molar-refractivity contribution in [2.45, 2.75) is 33.2 Å². The maximum absolute atomic E-state index is 12.3. The van der Waals surface area contributed by atoms with Gasteiger partial charge in [0.2, 0.25) is 5.91 Å². The Morgan fingerprint density at radius 3 is 2.57 bits per heavy atom. The molecule has 2 N–H and O–H groups in total. The summed E-state index contributed by atoms with van der Waals surface area (Å²) in [6.07, 6.45) is 0.863. The van der Waals surface area contributed by atoms with Crippen LogP contribution in [-0.2, 0) is 4.79 Å². The zero-order valence-corrected chi connectivity index (χ0v) is 15.5. The smallest absolute Gasteiger partial charge is 0.252 e. The van der Waals surface area contributed by atoms with Gasteiger partial charge in [0.25, 0.3) is 5.91 Å². The highest BCUT2D eigenvalue weighted by Gasteiger charge is 2.19. The number of ether oxygens (including phenoxy) is 2. The molecule has 0 saturated heterocycles. The van der Waals surface area contributed by atoms with Gasteiger partial charge in [-0.3, -0.25) is 9.59 Å². The molecule has 0 heterocycles. The number of halogens is 1. The molecule has 1 aromatic rings. The molecule has 0 spiro atoms. The van der Waals surface area contributed by atoms with Crippen LogP contribution in [0.15, 0.2) is 16.6 Å². The minimum atomic E-state index is -0.622. The summed E-state index contributed by atoms with van der Waals surface area (Å²) >= 11 is 3.39. The second-order valence-electron chi connectivity index (χ2n) is 4.93. The van der Waals surface area contributed by atoms with E-state index < -0.39 is 6.04 Å². The molecule has 128 valence electrons. The zero-order valence-electron chi connectivity index (χ0n) is 13.9. The summed E-state index contributed by atoms with van der Waals surface area (Å²) < 4.78 is 11.5. The van der Waals surface area contributed by atoms with E-state index in [2.05, 4.69) is 26.6 Å². The van der Waals surface area contributed by atoms with Gasteiger partial charge in [-0.1, -0.05) is 6.92 Å². The SMILES string of the molecule is CCCOc1c(Br)cc(C(=O)N[C@H](C)C(=O)NCC)cc1OC. The van der Waals surface area contributed by atoms with Gasteiger partial charge in [0.15, 0.2) is 11.5 Å². The highest BCUT2D eigenvalue weighted by atomic mass is 79.9. The first-order valence-corrected chi connectivity index (χ1v) is 8.32. The molecular weight excluding hydrogens is 364 g/mol. The molecule has 0 aliphatic heterocycles. The van der Waals surface area contributed by atoms with Crippen molar-refractivity contribution in [2.24, 2.45) is 0 Å². The van der Waals surface area contributed by atoms with Crippen molar-refractivity contribution in [2.75, 3.05) is 20.3 Å². The third-order valence-electron chi connectivity index (χ3n) is 3.03. The van der Waals surface area contributed by atoms with Crippen LogP contribution in [-0.4, -0.2) is 38.1 Å². The van der Waals surface area contributed by atoms with E-state index in [0.717, 1.165) is 6.42 Å². The van der Waals surface area contributed by atoms with Crippen LogP contribution in [0.4, 0.5) is 0 Å². The molecular formula is C16H23BrN2O4. The second-order valence-corrected chi connectivity index (χ2v) is 5.78. The molecule has 0 unspecified atom stereocenters. The van der Waals surface area contributed by atoms with Crippen LogP contribution in [0.25, 0.3) is 0 Å². The number of likely N-dealkylation sites (N-methyl/N-ethyl adjacent to an activating group) is 1. The summed E-state index contributed by atoms with van der Waals surface area (Å²) in [5.41, 5.74) is 0.383. The van der Waals surface area contributed by atoms with Gasteiger partial charge in [0.1, 0.15) is 6.04 Å². The normalized spacial score (nSPS) is 11.5. The highest BCUT2D eigenvalue weighted by molar-refractivity contribution is 9.10. The van der Waals surface area contributed by atoms with E-state index >= 15 is 0 Å². The van der Waals surface area contributed by atoms with Gasteiger partial charge >= 0.3 is 0 Å². The number of rotatable bonds is 8. The van der Waals surface area contributed by atoms with E-state index in [1.807, 2.05) is 13.8 Å². The Bertz CT molecular complexity index is 563. The summed E-state index contributed by atoms with van der Waals surface area (Å²) in [4.78, 5) is 24.0. The molecule has 6 nitrogen and oxygen atoms in total. The molecule has 0 fully saturated rings. The molecule has 1 aromatic carbocycles. The molecule has 1 rings (SSSR count). The molecule has 0 aromatic heterocycles. The van der Waals surface area contributed by atoms with Crippen molar-refractivity contribution in [3.8, 4) is 11.5 Å². The fourth-order valence-electron chi connectivity index (χ4n) is 1.87. The maximum atomic E-state index is 12.3. The largest absolute Gasteiger partial charge is 0.493 e. The Kier molecular flexibility index (Phi) is 7.88.